The van der Waals surface area contributed by atoms with E-state index in [1.54, 1.807) is 0 Å². The van der Waals surface area contributed by atoms with Crippen LogP contribution in [0.2, 0.25) is 0 Å². The van der Waals surface area contributed by atoms with Crippen LogP contribution in [0, 0.1) is 6.92 Å². The molecule has 1 aromatic carbocycles. The fourth-order valence-electron chi connectivity index (χ4n) is 2.99. The van der Waals surface area contributed by atoms with Crippen molar-refractivity contribution < 1.29 is 9.53 Å². The Kier molecular flexibility index (Phi) is 3.88. The van der Waals surface area contributed by atoms with E-state index in [1.165, 1.54) is 0 Å². The highest BCUT2D eigenvalue weighted by molar-refractivity contribution is 5.92. The van der Waals surface area contributed by atoms with Crippen LogP contribution in [-0.2, 0) is 5.54 Å². The molecule has 0 unspecified atom stereocenters. The normalized spacial score (nSPS) is 17.3. The number of carbonyl (C=O) groups is 1. The first kappa shape index (κ1) is 15.6. The number of aryl methyl sites for hydroxylation is 1. The predicted octanol–water partition coefficient (Wildman–Crippen LogP) is 3.20. The van der Waals surface area contributed by atoms with E-state index in [0.29, 0.717) is 12.3 Å². The molecule has 3 rings (SSSR count). The smallest absolute Gasteiger partial charge is 0.272 e. The van der Waals surface area contributed by atoms with Crippen molar-refractivity contribution in [1.82, 2.24) is 15.1 Å². The molecule has 0 spiro atoms. The summed E-state index contributed by atoms with van der Waals surface area (Å²) in [5.74, 6) is 0.707. The number of amides is 1. The molecular weight excluding hydrogens is 290 g/mol. The molecule has 0 fully saturated rings. The zero-order valence-electron chi connectivity index (χ0n) is 14.1. The van der Waals surface area contributed by atoms with Crippen LogP contribution < -0.4 is 10.1 Å². The van der Waals surface area contributed by atoms with Crippen molar-refractivity contribution in [1.29, 1.82) is 0 Å². The van der Waals surface area contributed by atoms with E-state index in [0.717, 1.165) is 23.4 Å². The Labute approximate surface area is 136 Å². The summed E-state index contributed by atoms with van der Waals surface area (Å²) in [4.78, 5) is 12.6. The van der Waals surface area contributed by atoms with E-state index in [-0.39, 0.29) is 17.5 Å². The molecule has 1 N–H and O–H groups in total. The molecule has 5 nitrogen and oxygen atoms in total. The third kappa shape index (κ3) is 3.09. The minimum absolute atomic E-state index is 0.0347. The van der Waals surface area contributed by atoms with Crippen LogP contribution in [0.25, 0.3) is 0 Å². The largest absolute Gasteiger partial charge is 0.493 e. The van der Waals surface area contributed by atoms with Crippen LogP contribution >= 0.6 is 0 Å². The summed E-state index contributed by atoms with van der Waals surface area (Å²) in [6.07, 6.45) is 0.766. The molecule has 0 saturated heterocycles. The molecule has 1 aliphatic rings. The van der Waals surface area contributed by atoms with Gasteiger partial charge in [-0.3, -0.25) is 9.48 Å². The van der Waals surface area contributed by atoms with E-state index in [9.17, 15) is 4.79 Å². The lowest BCUT2D eigenvalue weighted by molar-refractivity contribution is 0.0918. The average Bonchev–Trinajstić information content (AvgIpc) is 2.90. The second kappa shape index (κ2) is 5.72. The number of hydrogen-bond acceptors (Lipinski definition) is 3. The molecule has 0 radical (unpaired) electrons. The van der Waals surface area contributed by atoms with Crippen LogP contribution in [0.3, 0.4) is 0 Å². The van der Waals surface area contributed by atoms with Crippen molar-refractivity contribution >= 4 is 5.91 Å². The molecule has 122 valence electrons. The number of hydrogen-bond donors (Lipinski definition) is 1. The van der Waals surface area contributed by atoms with Crippen LogP contribution in [0.15, 0.2) is 30.3 Å². The fraction of sp³-hybridized carbons (Fsp3) is 0.444. The topological polar surface area (TPSA) is 56.1 Å². The maximum absolute atomic E-state index is 12.6. The summed E-state index contributed by atoms with van der Waals surface area (Å²) in [6.45, 7) is 8.80. The van der Waals surface area contributed by atoms with Gasteiger partial charge in [-0.1, -0.05) is 18.2 Å². The van der Waals surface area contributed by atoms with Gasteiger partial charge in [0.2, 0.25) is 0 Å². The van der Waals surface area contributed by atoms with E-state index in [2.05, 4.69) is 31.2 Å². The molecule has 1 atom stereocenters. The molecule has 1 amide bonds. The Bertz CT molecular complexity index is 728. The molecule has 0 bridgehead atoms. The first-order valence-corrected chi connectivity index (χ1v) is 7.96. The van der Waals surface area contributed by atoms with E-state index in [4.69, 9.17) is 4.74 Å². The number of fused-ring (bicyclic) bond motifs is 1. The van der Waals surface area contributed by atoms with E-state index < -0.39 is 0 Å². The van der Waals surface area contributed by atoms with Gasteiger partial charge in [0, 0.05) is 17.7 Å². The predicted molar refractivity (Wildman–Crippen MR) is 88.7 cm³/mol. The molecule has 0 saturated carbocycles. The van der Waals surface area contributed by atoms with Gasteiger partial charge in [-0.25, -0.2) is 0 Å². The van der Waals surface area contributed by atoms with Gasteiger partial charge in [-0.15, -0.1) is 0 Å². The van der Waals surface area contributed by atoms with Crippen molar-refractivity contribution in [3.63, 3.8) is 0 Å². The zero-order valence-corrected chi connectivity index (χ0v) is 14.1. The number of rotatable bonds is 2. The molecule has 0 aliphatic carbocycles. The van der Waals surface area contributed by atoms with Gasteiger partial charge < -0.3 is 10.1 Å². The van der Waals surface area contributed by atoms with E-state index in [1.807, 2.05) is 41.9 Å². The fourth-order valence-corrected chi connectivity index (χ4v) is 2.99. The summed E-state index contributed by atoms with van der Waals surface area (Å²) >= 11 is 0. The van der Waals surface area contributed by atoms with Crippen LogP contribution in [0.4, 0.5) is 0 Å². The minimum Gasteiger partial charge on any atom is -0.493 e. The third-order valence-corrected chi connectivity index (χ3v) is 4.02. The number of benzene rings is 1. The van der Waals surface area contributed by atoms with Crippen molar-refractivity contribution in [2.24, 2.45) is 0 Å². The Balaban J connectivity index is 1.81. The minimum atomic E-state index is -0.145. The number of carbonyl (C=O) groups excluding carboxylic acids is 1. The quantitative estimate of drug-likeness (QED) is 0.926. The van der Waals surface area contributed by atoms with Gasteiger partial charge in [0.05, 0.1) is 18.2 Å². The van der Waals surface area contributed by atoms with Crippen LogP contribution in [0.1, 0.15) is 55.0 Å². The average molecular weight is 313 g/mol. The first-order chi connectivity index (χ1) is 10.9. The molecule has 1 aliphatic heterocycles. The molecule has 2 heterocycles. The van der Waals surface area contributed by atoms with Crippen LogP contribution in [0.5, 0.6) is 5.75 Å². The Morgan fingerprint density at radius 1 is 1.35 bits per heavy atom. The molecule has 2 aromatic rings. The van der Waals surface area contributed by atoms with Crippen molar-refractivity contribution in [2.75, 3.05) is 6.61 Å². The van der Waals surface area contributed by atoms with Gasteiger partial charge in [-0.05, 0) is 39.8 Å². The lowest BCUT2D eigenvalue weighted by atomic mass is 10.0. The number of nitrogens with one attached hydrogen (secondary N) is 1. The summed E-state index contributed by atoms with van der Waals surface area (Å²) in [5.41, 5.74) is 2.32. The number of nitrogens with zero attached hydrogens (tertiary/aromatic N) is 2. The lowest BCUT2D eigenvalue weighted by Gasteiger charge is -2.26. The molecule has 1 aromatic heterocycles. The van der Waals surface area contributed by atoms with E-state index >= 15 is 0 Å². The highest BCUT2D eigenvalue weighted by Crippen LogP contribution is 2.31. The Morgan fingerprint density at radius 3 is 2.78 bits per heavy atom. The van der Waals surface area contributed by atoms with Gasteiger partial charge in [0.15, 0.2) is 0 Å². The maximum atomic E-state index is 12.6. The van der Waals surface area contributed by atoms with Crippen molar-refractivity contribution in [2.45, 2.75) is 45.7 Å². The second-order valence-corrected chi connectivity index (χ2v) is 6.95. The third-order valence-electron chi connectivity index (χ3n) is 4.02. The standard InChI is InChI=1S/C18H23N3O2/c1-12-11-15(20-21(12)18(2,3)4)17(22)19-14-9-10-23-16-8-6-5-7-13(14)16/h5-8,11,14H,9-10H2,1-4H3,(H,19,22)/t14-/m1/s1. The lowest BCUT2D eigenvalue weighted by Crippen LogP contribution is -2.33. The van der Waals surface area contributed by atoms with Crippen LogP contribution in [-0.4, -0.2) is 22.3 Å². The molecule has 23 heavy (non-hydrogen) atoms. The second-order valence-electron chi connectivity index (χ2n) is 6.95. The summed E-state index contributed by atoms with van der Waals surface area (Å²) in [5, 5.41) is 7.56. The Morgan fingerprint density at radius 2 is 2.09 bits per heavy atom. The SMILES string of the molecule is Cc1cc(C(=O)N[C@@H]2CCOc3ccccc32)nn1C(C)(C)C. The highest BCUT2D eigenvalue weighted by Gasteiger charge is 2.25. The summed E-state index contributed by atoms with van der Waals surface area (Å²) in [7, 11) is 0. The van der Waals surface area contributed by atoms with Crippen molar-refractivity contribution in [3.8, 4) is 5.75 Å². The highest BCUT2D eigenvalue weighted by atomic mass is 16.5. The monoisotopic (exact) mass is 313 g/mol. The zero-order chi connectivity index (χ0) is 16.6. The van der Waals surface area contributed by atoms with Gasteiger partial charge in [0.1, 0.15) is 11.4 Å². The Hall–Kier alpha value is -2.30. The van der Waals surface area contributed by atoms with Gasteiger partial charge >= 0.3 is 0 Å². The molecular formula is C18H23N3O2. The van der Waals surface area contributed by atoms with Gasteiger partial charge in [-0.2, -0.15) is 5.10 Å². The summed E-state index contributed by atoms with van der Waals surface area (Å²) < 4.78 is 7.53. The maximum Gasteiger partial charge on any atom is 0.272 e. The number of ether oxygens (including phenoxy) is 1. The van der Waals surface area contributed by atoms with Gasteiger partial charge in [0.25, 0.3) is 5.91 Å². The molecule has 5 heteroatoms. The summed E-state index contributed by atoms with van der Waals surface area (Å²) in [6, 6.07) is 9.64. The van der Waals surface area contributed by atoms with Crippen molar-refractivity contribution in [3.05, 3.63) is 47.3 Å². The first-order valence-electron chi connectivity index (χ1n) is 7.96. The number of para-hydroxylation sites is 1. The number of aromatic nitrogens is 2.